The smallest absolute Gasteiger partial charge is 0.222 e. The Labute approximate surface area is 183 Å². The number of benzene rings is 1. The Balaban J connectivity index is 1.36. The van der Waals surface area contributed by atoms with Crippen molar-refractivity contribution in [2.24, 2.45) is 5.92 Å². The first-order chi connectivity index (χ1) is 14.9. The molecule has 0 spiro atoms. The third-order valence-corrected chi connectivity index (χ3v) is 6.76. The van der Waals surface area contributed by atoms with Gasteiger partial charge in [0.25, 0.3) is 0 Å². The Morgan fingerprint density at radius 3 is 2.39 bits per heavy atom. The molecule has 7 heteroatoms. The monoisotopic (exact) mass is 436 g/mol. The van der Waals surface area contributed by atoms with Crippen molar-refractivity contribution in [1.82, 2.24) is 10.2 Å². The molecule has 5 nitrogen and oxygen atoms in total. The van der Waals surface area contributed by atoms with Crippen LogP contribution in [-0.2, 0) is 9.53 Å². The zero-order valence-electron chi connectivity index (χ0n) is 18.4. The number of Topliss-reactive ketones (excluding diaryl/α,β-unsaturated/α-hetero) is 1. The number of likely N-dealkylation sites (tertiary alicyclic amines) is 1. The van der Waals surface area contributed by atoms with Gasteiger partial charge in [0.1, 0.15) is 5.82 Å². The Kier molecular flexibility index (Phi) is 8.55. The molecule has 0 aromatic heterocycles. The van der Waals surface area contributed by atoms with Crippen molar-refractivity contribution in [1.29, 1.82) is 0 Å². The van der Waals surface area contributed by atoms with E-state index < -0.39 is 17.3 Å². The summed E-state index contributed by atoms with van der Waals surface area (Å²) in [5, 5.41) is 3.09. The highest BCUT2D eigenvalue weighted by Crippen LogP contribution is 2.32. The van der Waals surface area contributed by atoms with Crippen LogP contribution in [0.2, 0.25) is 0 Å². The summed E-state index contributed by atoms with van der Waals surface area (Å²) in [6.45, 7) is 2.49. The van der Waals surface area contributed by atoms with Crippen molar-refractivity contribution in [3.8, 4) is 0 Å². The maximum absolute atomic E-state index is 15.2. The lowest BCUT2D eigenvalue weighted by Crippen LogP contribution is -2.47. The van der Waals surface area contributed by atoms with E-state index in [9.17, 15) is 14.0 Å². The highest BCUT2D eigenvalue weighted by molar-refractivity contribution is 6.02. The minimum atomic E-state index is -1.85. The first-order valence-electron chi connectivity index (χ1n) is 11.4. The predicted octanol–water partition coefficient (Wildman–Crippen LogP) is 3.91. The van der Waals surface area contributed by atoms with E-state index in [1.165, 1.54) is 24.3 Å². The number of ketones is 1. The quantitative estimate of drug-likeness (QED) is 0.597. The molecular weight excluding hydrogens is 402 g/mol. The number of hydrogen-bond donors (Lipinski definition) is 1. The van der Waals surface area contributed by atoms with Gasteiger partial charge >= 0.3 is 0 Å². The summed E-state index contributed by atoms with van der Waals surface area (Å²) >= 11 is 0. The number of carbonyl (C=O) groups excluding carboxylic acids is 2. The summed E-state index contributed by atoms with van der Waals surface area (Å²) in [5.74, 6) is -0.270. The van der Waals surface area contributed by atoms with Crippen molar-refractivity contribution in [3.63, 3.8) is 0 Å². The van der Waals surface area contributed by atoms with Gasteiger partial charge in [0.2, 0.25) is 5.91 Å². The molecule has 0 atom stereocenters. The van der Waals surface area contributed by atoms with E-state index in [0.717, 1.165) is 38.6 Å². The summed E-state index contributed by atoms with van der Waals surface area (Å²) in [4.78, 5) is 26.6. The SMILES string of the molecule is COCCC(=O)N[C@H]1CC[C@H](CCN2CCC(F)(C(=O)c3ccc(F)cc3)CC2)CC1. The molecule has 0 bridgehead atoms. The van der Waals surface area contributed by atoms with Crippen LogP contribution in [0.4, 0.5) is 8.78 Å². The highest BCUT2D eigenvalue weighted by Gasteiger charge is 2.42. The van der Waals surface area contributed by atoms with Gasteiger partial charge in [-0.3, -0.25) is 9.59 Å². The van der Waals surface area contributed by atoms with Crippen LogP contribution in [0.5, 0.6) is 0 Å². The number of alkyl halides is 1. The molecular formula is C24H34F2N2O3. The number of nitrogens with one attached hydrogen (secondary N) is 1. The second-order valence-corrected chi connectivity index (χ2v) is 8.96. The van der Waals surface area contributed by atoms with Gasteiger partial charge in [-0.05, 0) is 68.8 Å². The number of carbonyl (C=O) groups is 2. The number of methoxy groups -OCH3 is 1. The summed E-state index contributed by atoms with van der Waals surface area (Å²) in [7, 11) is 1.60. The van der Waals surface area contributed by atoms with E-state index in [0.29, 0.717) is 32.0 Å². The van der Waals surface area contributed by atoms with Crippen LogP contribution in [0, 0.1) is 11.7 Å². The zero-order valence-corrected chi connectivity index (χ0v) is 18.4. The van der Waals surface area contributed by atoms with E-state index in [2.05, 4.69) is 10.2 Å². The molecule has 1 aromatic rings. The van der Waals surface area contributed by atoms with Gasteiger partial charge in [0, 0.05) is 51.1 Å². The van der Waals surface area contributed by atoms with Crippen molar-refractivity contribution < 1.29 is 23.1 Å². The number of amides is 1. The van der Waals surface area contributed by atoms with Crippen LogP contribution in [0.25, 0.3) is 0 Å². The van der Waals surface area contributed by atoms with Gasteiger partial charge in [-0.1, -0.05) is 0 Å². The second-order valence-electron chi connectivity index (χ2n) is 8.96. The van der Waals surface area contributed by atoms with Crippen LogP contribution in [-0.4, -0.2) is 61.7 Å². The number of nitrogens with zero attached hydrogens (tertiary/aromatic N) is 1. The molecule has 1 heterocycles. The van der Waals surface area contributed by atoms with E-state index in [-0.39, 0.29) is 30.4 Å². The molecule has 2 aliphatic rings. The van der Waals surface area contributed by atoms with Gasteiger partial charge in [0.15, 0.2) is 11.5 Å². The van der Waals surface area contributed by atoms with Gasteiger partial charge in [-0.25, -0.2) is 8.78 Å². The lowest BCUT2D eigenvalue weighted by molar-refractivity contribution is -0.122. The third kappa shape index (κ3) is 6.81. The molecule has 1 amide bonds. The Morgan fingerprint density at radius 2 is 1.77 bits per heavy atom. The molecule has 1 N–H and O–H groups in total. The average Bonchev–Trinajstić information content (AvgIpc) is 2.78. The van der Waals surface area contributed by atoms with Crippen molar-refractivity contribution in [2.75, 3.05) is 33.4 Å². The van der Waals surface area contributed by atoms with Crippen LogP contribution in [0.1, 0.15) is 61.7 Å². The van der Waals surface area contributed by atoms with E-state index >= 15 is 4.39 Å². The fraction of sp³-hybridized carbons (Fsp3) is 0.667. The predicted molar refractivity (Wildman–Crippen MR) is 115 cm³/mol. The molecule has 1 aliphatic heterocycles. The van der Waals surface area contributed by atoms with Crippen LogP contribution < -0.4 is 5.32 Å². The summed E-state index contributed by atoms with van der Waals surface area (Å²) in [6, 6.07) is 5.39. The van der Waals surface area contributed by atoms with Crippen LogP contribution in [0.15, 0.2) is 24.3 Å². The Bertz CT molecular complexity index is 725. The second kappa shape index (κ2) is 11.1. The molecule has 172 valence electrons. The standard InChI is InChI=1S/C24H34F2N2O3/c1-31-17-11-22(29)27-21-8-2-18(3-9-21)10-14-28-15-12-24(26,13-16-28)23(30)19-4-6-20(25)7-5-19/h4-7,18,21H,2-3,8-17H2,1H3,(H,27,29)/t18-,21-. The molecule has 31 heavy (non-hydrogen) atoms. The first-order valence-corrected chi connectivity index (χ1v) is 11.4. The Hall–Kier alpha value is -1.86. The van der Waals surface area contributed by atoms with Crippen molar-refractivity contribution >= 4 is 11.7 Å². The largest absolute Gasteiger partial charge is 0.384 e. The molecule has 1 saturated heterocycles. The lowest BCUT2D eigenvalue weighted by Gasteiger charge is -2.36. The van der Waals surface area contributed by atoms with Gasteiger partial charge < -0.3 is 15.0 Å². The number of piperidine rings is 1. The van der Waals surface area contributed by atoms with E-state index in [1.807, 2.05) is 0 Å². The molecule has 3 rings (SSSR count). The summed E-state index contributed by atoms with van der Waals surface area (Å²) in [6.07, 6.45) is 6.04. The number of ether oxygens (including phenoxy) is 1. The van der Waals surface area contributed by atoms with Crippen molar-refractivity contribution in [2.45, 2.75) is 63.1 Å². The number of halogens is 2. The van der Waals surface area contributed by atoms with Crippen LogP contribution >= 0.6 is 0 Å². The fourth-order valence-corrected chi connectivity index (χ4v) is 4.67. The number of hydrogen-bond acceptors (Lipinski definition) is 4. The van der Waals surface area contributed by atoms with Gasteiger partial charge in [-0.2, -0.15) is 0 Å². The minimum Gasteiger partial charge on any atom is -0.384 e. The maximum atomic E-state index is 15.2. The van der Waals surface area contributed by atoms with E-state index in [1.54, 1.807) is 7.11 Å². The third-order valence-electron chi connectivity index (χ3n) is 6.76. The molecule has 2 fully saturated rings. The zero-order chi connectivity index (χ0) is 22.3. The average molecular weight is 437 g/mol. The molecule has 0 radical (unpaired) electrons. The molecule has 1 saturated carbocycles. The summed E-state index contributed by atoms with van der Waals surface area (Å²) < 4.78 is 33.2. The van der Waals surface area contributed by atoms with Crippen molar-refractivity contribution in [3.05, 3.63) is 35.6 Å². The molecule has 1 aromatic carbocycles. The Morgan fingerprint density at radius 1 is 1.13 bits per heavy atom. The normalized spacial score (nSPS) is 24.0. The highest BCUT2D eigenvalue weighted by atomic mass is 19.1. The first kappa shape index (κ1) is 23.8. The van der Waals surface area contributed by atoms with Gasteiger partial charge in [-0.15, -0.1) is 0 Å². The van der Waals surface area contributed by atoms with Gasteiger partial charge in [0.05, 0.1) is 6.61 Å². The van der Waals surface area contributed by atoms with E-state index in [4.69, 9.17) is 4.74 Å². The number of rotatable bonds is 9. The minimum absolute atomic E-state index is 0.0588. The molecule has 1 aliphatic carbocycles. The lowest BCUT2D eigenvalue weighted by atomic mass is 9.83. The topological polar surface area (TPSA) is 58.6 Å². The summed E-state index contributed by atoms with van der Waals surface area (Å²) in [5.41, 5.74) is -1.61. The van der Waals surface area contributed by atoms with Crippen LogP contribution in [0.3, 0.4) is 0 Å². The maximum Gasteiger partial charge on any atom is 0.222 e. The fourth-order valence-electron chi connectivity index (χ4n) is 4.67. The molecule has 0 unspecified atom stereocenters.